The Hall–Kier alpha value is -1.10. The van der Waals surface area contributed by atoms with Crippen LogP contribution in [0.4, 0.5) is 0 Å². The molecule has 0 radical (unpaired) electrons. The Balaban J connectivity index is 2.39. The zero-order chi connectivity index (χ0) is 9.84. The van der Waals surface area contributed by atoms with E-state index in [0.717, 1.165) is 5.82 Å². The lowest BCUT2D eigenvalue weighted by atomic mass is 10.4. The molecule has 1 amide bonds. The van der Waals surface area contributed by atoms with Gasteiger partial charge in [0.15, 0.2) is 5.82 Å². The van der Waals surface area contributed by atoms with Gasteiger partial charge in [-0.1, -0.05) is 0 Å². The summed E-state index contributed by atoms with van der Waals surface area (Å²) in [6.07, 6.45) is 0. The molecule has 0 fully saturated rings. The number of aromatic nitrogens is 3. The second-order valence-electron chi connectivity index (χ2n) is 2.67. The third-order valence-electron chi connectivity index (χ3n) is 1.43. The Labute approximate surface area is 80.9 Å². The van der Waals surface area contributed by atoms with Gasteiger partial charge < -0.3 is 5.32 Å². The van der Waals surface area contributed by atoms with Crippen molar-refractivity contribution in [3.05, 3.63) is 11.6 Å². The molecule has 6 heteroatoms. The largest absolute Gasteiger partial charge is 0.347 e. The van der Waals surface area contributed by atoms with Crippen LogP contribution in [0.25, 0.3) is 0 Å². The van der Waals surface area contributed by atoms with Crippen LogP contribution in [0.2, 0.25) is 0 Å². The predicted octanol–water partition coefficient (Wildman–Crippen LogP) is 0.357. The fraction of sp³-hybridized carbons (Fsp3) is 0.571. The summed E-state index contributed by atoms with van der Waals surface area (Å²) in [5, 5.41) is 8.60. The van der Waals surface area contributed by atoms with Crippen LogP contribution in [-0.4, -0.2) is 26.5 Å². The summed E-state index contributed by atoms with van der Waals surface area (Å²) in [7, 11) is 0. The smallest absolute Gasteiger partial charge is 0.238 e. The second kappa shape index (κ2) is 4.23. The standard InChI is InChI=1S/C7H11ClN4O/c1-4(8)7(13)9-3-6-10-5(2)11-12-6/h4H,3H2,1-2H3,(H,9,13)(H,10,11,12). The highest BCUT2D eigenvalue weighted by molar-refractivity contribution is 6.30. The lowest BCUT2D eigenvalue weighted by molar-refractivity contribution is -0.120. The molecule has 1 rings (SSSR count). The Morgan fingerprint density at radius 1 is 1.77 bits per heavy atom. The van der Waals surface area contributed by atoms with E-state index in [1.165, 1.54) is 0 Å². The van der Waals surface area contributed by atoms with Gasteiger partial charge in [-0.15, -0.1) is 11.6 Å². The van der Waals surface area contributed by atoms with Gasteiger partial charge in [0.25, 0.3) is 0 Å². The predicted molar refractivity (Wildman–Crippen MR) is 48.3 cm³/mol. The van der Waals surface area contributed by atoms with Crippen molar-refractivity contribution >= 4 is 17.5 Å². The first kappa shape index (κ1) is 9.98. The van der Waals surface area contributed by atoms with Crippen LogP contribution >= 0.6 is 11.6 Å². The number of nitrogens with one attached hydrogen (secondary N) is 2. The summed E-state index contributed by atoms with van der Waals surface area (Å²) in [6, 6.07) is 0. The SMILES string of the molecule is Cc1nc(CNC(=O)C(C)Cl)n[nH]1. The lowest BCUT2D eigenvalue weighted by Gasteiger charge is -2.02. The molecule has 2 N–H and O–H groups in total. The van der Waals surface area contributed by atoms with E-state index in [4.69, 9.17) is 11.6 Å². The summed E-state index contributed by atoms with van der Waals surface area (Å²) >= 11 is 5.54. The van der Waals surface area contributed by atoms with Gasteiger partial charge in [-0.25, -0.2) is 4.98 Å². The number of aryl methyl sites for hydroxylation is 1. The van der Waals surface area contributed by atoms with E-state index in [1.54, 1.807) is 13.8 Å². The zero-order valence-electron chi connectivity index (χ0n) is 7.47. The first-order valence-corrected chi connectivity index (χ1v) is 4.33. The number of carbonyl (C=O) groups is 1. The Morgan fingerprint density at radius 3 is 2.92 bits per heavy atom. The maximum Gasteiger partial charge on any atom is 0.238 e. The lowest BCUT2D eigenvalue weighted by Crippen LogP contribution is -2.29. The normalized spacial score (nSPS) is 12.5. The molecule has 1 aromatic heterocycles. The van der Waals surface area contributed by atoms with Crippen LogP contribution in [0, 0.1) is 6.92 Å². The third kappa shape index (κ3) is 3.02. The maximum atomic E-state index is 11.0. The Bertz CT molecular complexity index is 296. The minimum absolute atomic E-state index is 0.218. The number of carbonyl (C=O) groups excluding carboxylic acids is 1. The molecule has 0 bridgehead atoms. The molecule has 1 heterocycles. The average molecular weight is 203 g/mol. The van der Waals surface area contributed by atoms with Crippen LogP contribution in [0.5, 0.6) is 0 Å². The fourth-order valence-corrected chi connectivity index (χ4v) is 0.852. The van der Waals surface area contributed by atoms with Gasteiger partial charge >= 0.3 is 0 Å². The van der Waals surface area contributed by atoms with Crippen molar-refractivity contribution in [2.24, 2.45) is 0 Å². The third-order valence-corrected chi connectivity index (χ3v) is 1.62. The number of nitrogens with zero attached hydrogens (tertiary/aromatic N) is 2. The number of alkyl halides is 1. The Kier molecular flexibility index (Phi) is 3.25. The molecule has 1 atom stereocenters. The molecule has 1 aromatic rings. The van der Waals surface area contributed by atoms with Crippen LogP contribution in [0.1, 0.15) is 18.6 Å². The van der Waals surface area contributed by atoms with E-state index in [2.05, 4.69) is 20.5 Å². The molecular weight excluding hydrogens is 192 g/mol. The minimum Gasteiger partial charge on any atom is -0.347 e. The second-order valence-corrected chi connectivity index (χ2v) is 3.33. The van der Waals surface area contributed by atoms with Gasteiger partial charge in [-0.2, -0.15) is 5.10 Å². The first-order valence-electron chi connectivity index (χ1n) is 3.89. The number of halogens is 1. The highest BCUT2D eigenvalue weighted by Crippen LogP contribution is 1.94. The van der Waals surface area contributed by atoms with Crippen molar-refractivity contribution in [1.82, 2.24) is 20.5 Å². The van der Waals surface area contributed by atoms with Crippen LogP contribution in [0.3, 0.4) is 0 Å². The average Bonchev–Trinajstić information content (AvgIpc) is 2.47. The highest BCUT2D eigenvalue weighted by Gasteiger charge is 2.09. The summed E-state index contributed by atoms with van der Waals surface area (Å²) in [6.45, 7) is 3.71. The molecule has 0 aliphatic carbocycles. The van der Waals surface area contributed by atoms with E-state index in [0.29, 0.717) is 12.4 Å². The number of rotatable bonds is 3. The maximum absolute atomic E-state index is 11.0. The number of H-pyrrole nitrogens is 1. The monoisotopic (exact) mass is 202 g/mol. The molecule has 0 aliphatic heterocycles. The van der Waals surface area contributed by atoms with Gasteiger partial charge in [0, 0.05) is 0 Å². The van der Waals surface area contributed by atoms with E-state index >= 15 is 0 Å². The van der Waals surface area contributed by atoms with Crippen molar-refractivity contribution in [1.29, 1.82) is 0 Å². The molecule has 0 saturated heterocycles. The number of hydrogen-bond acceptors (Lipinski definition) is 3. The van der Waals surface area contributed by atoms with E-state index in [1.807, 2.05) is 0 Å². The topological polar surface area (TPSA) is 70.7 Å². The first-order chi connectivity index (χ1) is 6.09. The molecule has 72 valence electrons. The molecule has 0 aromatic carbocycles. The molecule has 0 aliphatic rings. The molecule has 13 heavy (non-hydrogen) atoms. The zero-order valence-corrected chi connectivity index (χ0v) is 8.22. The van der Waals surface area contributed by atoms with Gasteiger partial charge in [0.1, 0.15) is 11.2 Å². The molecular formula is C7H11ClN4O. The van der Waals surface area contributed by atoms with Crippen molar-refractivity contribution in [2.45, 2.75) is 25.8 Å². The van der Waals surface area contributed by atoms with Crippen molar-refractivity contribution in [3.8, 4) is 0 Å². The summed E-state index contributed by atoms with van der Waals surface area (Å²) in [4.78, 5) is 15.0. The van der Waals surface area contributed by atoms with E-state index in [-0.39, 0.29) is 5.91 Å². The molecule has 0 saturated carbocycles. The molecule has 0 spiro atoms. The summed E-state index contributed by atoms with van der Waals surface area (Å²) in [5.41, 5.74) is 0. The summed E-state index contributed by atoms with van der Waals surface area (Å²) in [5.74, 6) is 1.07. The van der Waals surface area contributed by atoms with Gasteiger partial charge in [-0.05, 0) is 13.8 Å². The highest BCUT2D eigenvalue weighted by atomic mass is 35.5. The minimum atomic E-state index is -0.528. The van der Waals surface area contributed by atoms with E-state index < -0.39 is 5.38 Å². The molecule has 5 nitrogen and oxygen atoms in total. The van der Waals surface area contributed by atoms with Crippen molar-refractivity contribution < 1.29 is 4.79 Å². The van der Waals surface area contributed by atoms with Crippen LogP contribution in [0.15, 0.2) is 0 Å². The van der Waals surface area contributed by atoms with Gasteiger partial charge in [-0.3, -0.25) is 9.89 Å². The number of hydrogen-bond donors (Lipinski definition) is 2. The van der Waals surface area contributed by atoms with Gasteiger partial charge in [0.05, 0.1) is 6.54 Å². The van der Waals surface area contributed by atoms with Gasteiger partial charge in [0.2, 0.25) is 5.91 Å². The van der Waals surface area contributed by atoms with Crippen LogP contribution < -0.4 is 5.32 Å². The van der Waals surface area contributed by atoms with Crippen molar-refractivity contribution in [2.75, 3.05) is 0 Å². The summed E-state index contributed by atoms with van der Waals surface area (Å²) < 4.78 is 0. The quantitative estimate of drug-likeness (QED) is 0.696. The van der Waals surface area contributed by atoms with E-state index in [9.17, 15) is 4.79 Å². The van der Waals surface area contributed by atoms with Crippen LogP contribution in [-0.2, 0) is 11.3 Å². The number of aromatic amines is 1. The van der Waals surface area contributed by atoms with Crippen molar-refractivity contribution in [3.63, 3.8) is 0 Å². The Morgan fingerprint density at radius 2 is 2.46 bits per heavy atom. The fourth-order valence-electron chi connectivity index (χ4n) is 0.775. The number of amides is 1. The molecule has 1 unspecified atom stereocenters.